The number of anilines is 1. The first kappa shape index (κ1) is 20.1. The van der Waals surface area contributed by atoms with Crippen LogP contribution in [0.15, 0.2) is 5.38 Å². The summed E-state index contributed by atoms with van der Waals surface area (Å²) in [6.07, 6.45) is 0.595. The molecule has 2 aliphatic heterocycles. The molecule has 2 fully saturated rings. The maximum Gasteiger partial charge on any atom is 0.409 e. The van der Waals surface area contributed by atoms with Crippen molar-refractivity contribution < 1.29 is 23.9 Å². The number of hydrogen-bond acceptors (Lipinski definition) is 7. The fourth-order valence-corrected chi connectivity index (χ4v) is 3.78. The van der Waals surface area contributed by atoms with Gasteiger partial charge in [-0.25, -0.2) is 9.78 Å². The smallest absolute Gasteiger partial charge is 0.409 e. The molecular formula is C17H23N5O5S. The van der Waals surface area contributed by atoms with Crippen molar-refractivity contribution in [3.05, 3.63) is 11.1 Å². The predicted octanol–water partition coefficient (Wildman–Crippen LogP) is 0.203. The van der Waals surface area contributed by atoms with Gasteiger partial charge in [-0.05, 0) is 13.3 Å². The topological polar surface area (TPSA) is 121 Å². The lowest BCUT2D eigenvalue weighted by Crippen LogP contribution is -2.51. The molecule has 2 aliphatic rings. The van der Waals surface area contributed by atoms with Gasteiger partial charge >= 0.3 is 6.09 Å². The Morgan fingerprint density at radius 3 is 2.64 bits per heavy atom. The molecule has 1 aromatic heterocycles. The van der Waals surface area contributed by atoms with Crippen molar-refractivity contribution in [2.24, 2.45) is 0 Å². The minimum absolute atomic E-state index is 0.0743. The number of thiazole rings is 1. The molecule has 11 heteroatoms. The third-order valence-corrected chi connectivity index (χ3v) is 5.39. The molecule has 0 aromatic carbocycles. The lowest BCUT2D eigenvalue weighted by Gasteiger charge is -2.34. The van der Waals surface area contributed by atoms with Crippen molar-refractivity contribution >= 4 is 40.3 Å². The van der Waals surface area contributed by atoms with E-state index in [1.54, 1.807) is 22.1 Å². The molecule has 2 N–H and O–H groups in total. The van der Waals surface area contributed by atoms with Crippen LogP contribution < -0.4 is 10.6 Å². The molecule has 2 saturated heterocycles. The van der Waals surface area contributed by atoms with Crippen molar-refractivity contribution in [1.29, 1.82) is 0 Å². The van der Waals surface area contributed by atoms with Gasteiger partial charge in [0, 0.05) is 38.0 Å². The van der Waals surface area contributed by atoms with E-state index in [2.05, 4.69) is 15.6 Å². The van der Waals surface area contributed by atoms with Crippen LogP contribution in [0.1, 0.15) is 25.5 Å². The van der Waals surface area contributed by atoms with E-state index in [-0.39, 0.29) is 30.2 Å². The average molecular weight is 409 g/mol. The Kier molecular flexibility index (Phi) is 6.45. The number of carbonyl (C=O) groups is 4. The van der Waals surface area contributed by atoms with E-state index >= 15 is 0 Å². The Labute approximate surface area is 166 Å². The van der Waals surface area contributed by atoms with E-state index < -0.39 is 6.04 Å². The Morgan fingerprint density at radius 2 is 2.00 bits per heavy atom. The monoisotopic (exact) mass is 409 g/mol. The third kappa shape index (κ3) is 4.97. The van der Waals surface area contributed by atoms with Crippen LogP contribution in [0.3, 0.4) is 0 Å². The largest absolute Gasteiger partial charge is 0.450 e. The first-order valence-electron chi connectivity index (χ1n) is 9.20. The molecule has 4 amide bonds. The zero-order valence-corrected chi connectivity index (χ0v) is 16.4. The van der Waals surface area contributed by atoms with Gasteiger partial charge in [-0.1, -0.05) is 0 Å². The van der Waals surface area contributed by atoms with Gasteiger partial charge in [-0.3, -0.25) is 14.4 Å². The maximum absolute atomic E-state index is 12.5. The summed E-state index contributed by atoms with van der Waals surface area (Å²) in [4.78, 5) is 55.0. The van der Waals surface area contributed by atoms with Crippen LogP contribution in [0, 0.1) is 0 Å². The molecule has 3 rings (SSSR count). The van der Waals surface area contributed by atoms with E-state index in [0.29, 0.717) is 56.5 Å². The van der Waals surface area contributed by atoms with Gasteiger partial charge in [0.15, 0.2) is 5.13 Å². The molecule has 1 unspecified atom stereocenters. The van der Waals surface area contributed by atoms with Crippen LogP contribution in [0.4, 0.5) is 9.93 Å². The lowest BCUT2D eigenvalue weighted by molar-refractivity contribution is -0.132. The number of rotatable bonds is 5. The number of nitrogens with zero attached hydrogens (tertiary/aromatic N) is 3. The van der Waals surface area contributed by atoms with Crippen LogP contribution >= 0.6 is 11.3 Å². The van der Waals surface area contributed by atoms with Crippen molar-refractivity contribution in [3.63, 3.8) is 0 Å². The van der Waals surface area contributed by atoms with E-state index in [9.17, 15) is 19.2 Å². The van der Waals surface area contributed by atoms with Gasteiger partial charge in [0.25, 0.3) is 0 Å². The van der Waals surface area contributed by atoms with Crippen LogP contribution in [-0.4, -0.2) is 77.4 Å². The predicted molar refractivity (Wildman–Crippen MR) is 101 cm³/mol. The molecular weight excluding hydrogens is 386 g/mol. The van der Waals surface area contributed by atoms with Crippen LogP contribution in [0.5, 0.6) is 0 Å². The second kappa shape index (κ2) is 9.00. The first-order chi connectivity index (χ1) is 13.5. The summed E-state index contributed by atoms with van der Waals surface area (Å²) >= 11 is 1.24. The number of aromatic nitrogens is 1. The van der Waals surface area contributed by atoms with Gasteiger partial charge in [-0.2, -0.15) is 0 Å². The summed E-state index contributed by atoms with van der Waals surface area (Å²) in [6, 6.07) is -0.530. The fraction of sp³-hybridized carbons (Fsp3) is 0.588. The summed E-state index contributed by atoms with van der Waals surface area (Å²) in [6.45, 7) is 3.87. The number of nitrogens with one attached hydrogen (secondary N) is 2. The second-order valence-corrected chi connectivity index (χ2v) is 7.39. The van der Waals surface area contributed by atoms with E-state index in [1.807, 2.05) is 0 Å². The maximum atomic E-state index is 12.5. The highest BCUT2D eigenvalue weighted by molar-refractivity contribution is 7.13. The summed E-state index contributed by atoms with van der Waals surface area (Å²) in [5.41, 5.74) is 0.577. The fourth-order valence-electron chi connectivity index (χ4n) is 3.07. The Morgan fingerprint density at radius 1 is 1.29 bits per heavy atom. The van der Waals surface area contributed by atoms with Crippen LogP contribution in [0.2, 0.25) is 0 Å². The van der Waals surface area contributed by atoms with E-state index in [4.69, 9.17) is 4.74 Å². The van der Waals surface area contributed by atoms with Crippen molar-refractivity contribution in [3.8, 4) is 0 Å². The summed E-state index contributed by atoms with van der Waals surface area (Å²) in [5, 5.41) is 7.42. The molecule has 0 saturated carbocycles. The Hall–Kier alpha value is -2.69. The number of piperazine rings is 1. The molecule has 152 valence electrons. The summed E-state index contributed by atoms with van der Waals surface area (Å²) in [5.74, 6) is -0.503. The quantitative estimate of drug-likeness (QED) is 0.717. The number of carbonyl (C=O) groups excluding carboxylic acids is 4. The molecule has 10 nitrogen and oxygen atoms in total. The standard InChI is InChI=1S/C17H23N5O5S/c1-2-27-17(26)22-7-5-21(6-8-22)14(24)9-11-10-28-16(18-11)20-15(25)12-3-4-13(23)19-12/h10,12H,2-9H2,1H3,(H,19,23)(H,18,20,25). The summed E-state index contributed by atoms with van der Waals surface area (Å²) < 4.78 is 4.97. The minimum atomic E-state index is -0.530. The molecule has 28 heavy (non-hydrogen) atoms. The lowest BCUT2D eigenvalue weighted by atomic mass is 10.2. The van der Waals surface area contributed by atoms with Gasteiger partial charge in [-0.15, -0.1) is 11.3 Å². The molecule has 0 aliphatic carbocycles. The van der Waals surface area contributed by atoms with Crippen LogP contribution in [-0.2, 0) is 25.5 Å². The number of hydrogen-bond donors (Lipinski definition) is 2. The van der Waals surface area contributed by atoms with E-state index in [1.165, 1.54) is 11.3 Å². The highest BCUT2D eigenvalue weighted by Crippen LogP contribution is 2.18. The summed E-state index contributed by atoms with van der Waals surface area (Å²) in [7, 11) is 0. The van der Waals surface area contributed by atoms with Crippen molar-refractivity contribution in [2.75, 3.05) is 38.1 Å². The average Bonchev–Trinajstić information content (AvgIpc) is 3.31. The van der Waals surface area contributed by atoms with Crippen molar-refractivity contribution in [2.45, 2.75) is 32.2 Å². The van der Waals surface area contributed by atoms with Gasteiger partial charge in [0.1, 0.15) is 6.04 Å². The minimum Gasteiger partial charge on any atom is -0.450 e. The Balaban J connectivity index is 1.46. The molecule has 0 bridgehead atoms. The van der Waals surface area contributed by atoms with Crippen LogP contribution in [0.25, 0.3) is 0 Å². The first-order valence-corrected chi connectivity index (χ1v) is 10.1. The van der Waals surface area contributed by atoms with Crippen molar-refractivity contribution in [1.82, 2.24) is 20.1 Å². The molecule has 3 heterocycles. The second-order valence-electron chi connectivity index (χ2n) is 6.54. The highest BCUT2D eigenvalue weighted by Gasteiger charge is 2.28. The molecule has 1 atom stereocenters. The third-order valence-electron chi connectivity index (χ3n) is 4.58. The molecule has 1 aromatic rings. The SMILES string of the molecule is CCOC(=O)N1CCN(C(=O)Cc2csc(NC(=O)C3CCC(=O)N3)n2)CC1. The highest BCUT2D eigenvalue weighted by atomic mass is 32.1. The molecule has 0 spiro atoms. The number of amides is 4. The van der Waals surface area contributed by atoms with Gasteiger partial charge < -0.3 is 25.2 Å². The van der Waals surface area contributed by atoms with Gasteiger partial charge in [0.2, 0.25) is 17.7 Å². The number of ether oxygens (including phenoxy) is 1. The Bertz CT molecular complexity index is 759. The van der Waals surface area contributed by atoms with Gasteiger partial charge in [0.05, 0.1) is 18.7 Å². The zero-order valence-electron chi connectivity index (χ0n) is 15.6. The normalized spacial score (nSPS) is 19.3. The van der Waals surface area contributed by atoms with E-state index in [0.717, 1.165) is 0 Å². The zero-order chi connectivity index (χ0) is 20.1. The molecule has 0 radical (unpaired) electrons.